The van der Waals surface area contributed by atoms with E-state index in [9.17, 15) is 14.7 Å². The maximum atomic E-state index is 12.2. The average molecular weight is 898 g/mol. The van der Waals surface area contributed by atoms with Gasteiger partial charge in [-0.1, -0.05) is 294 Å². The molecule has 374 valence electrons. The minimum absolute atomic E-state index is 0.0925. The van der Waals surface area contributed by atoms with E-state index in [1.54, 1.807) is 0 Å². The van der Waals surface area contributed by atoms with Crippen LogP contribution in [0.5, 0.6) is 0 Å². The number of ether oxygens (including phenoxy) is 2. The summed E-state index contributed by atoms with van der Waals surface area (Å²) in [5.74, 6) is -0.676. The maximum Gasteiger partial charge on any atom is 0.306 e. The summed E-state index contributed by atoms with van der Waals surface area (Å²) in [5.41, 5.74) is 0. The molecule has 0 radical (unpaired) electrons. The van der Waals surface area contributed by atoms with Crippen molar-refractivity contribution in [2.75, 3.05) is 13.2 Å². The van der Waals surface area contributed by atoms with Crippen molar-refractivity contribution in [3.63, 3.8) is 0 Å². The van der Waals surface area contributed by atoms with Gasteiger partial charge in [0.05, 0.1) is 6.61 Å². The standard InChI is InChI=1S/C59H108O5/c1-3-5-7-9-11-13-15-17-18-19-20-21-22-23-24-25-26-27-28-29-30-31-32-33-34-35-36-37-38-39-40-42-43-45-47-49-51-53-58(61)63-56-57(55-60)64-59(62)54-52-50-48-46-44-41-16-14-12-10-8-6-4-2/h6,8,12,14,41,44,48,50,57,60H,3-5,7,9-11,13,15-40,42-43,45-47,49,51-56H2,1-2H3/b8-6-,14-12-,44-41-,50-48-. The van der Waals surface area contributed by atoms with Gasteiger partial charge in [0.2, 0.25) is 0 Å². The number of aliphatic hydroxyl groups is 1. The molecule has 0 rings (SSSR count). The first kappa shape index (κ1) is 61.9. The molecule has 0 bridgehead atoms. The Morgan fingerprint density at radius 1 is 0.375 bits per heavy atom. The van der Waals surface area contributed by atoms with Crippen molar-refractivity contribution in [1.82, 2.24) is 0 Å². The SMILES string of the molecule is CC/C=C\C/C=C\C/C=C\C/C=C\CCC(=O)OC(CO)COC(=O)CCCCCCCCCCCCCCCCCCCCCCCCCCCCCCCCCCCCCCC. The molecule has 5 nitrogen and oxygen atoms in total. The number of allylic oxidation sites excluding steroid dienone is 8. The number of carbonyl (C=O) groups excluding carboxylic acids is 2. The highest BCUT2D eigenvalue weighted by atomic mass is 16.6. The van der Waals surface area contributed by atoms with E-state index in [0.717, 1.165) is 44.9 Å². The third-order valence-electron chi connectivity index (χ3n) is 12.7. The van der Waals surface area contributed by atoms with Crippen LogP contribution in [0.15, 0.2) is 48.6 Å². The van der Waals surface area contributed by atoms with Crippen molar-refractivity contribution in [3.05, 3.63) is 48.6 Å². The number of unbranched alkanes of at least 4 members (excludes halogenated alkanes) is 36. The van der Waals surface area contributed by atoms with Gasteiger partial charge in [-0.2, -0.15) is 0 Å². The Morgan fingerprint density at radius 2 is 0.672 bits per heavy atom. The number of carbonyl (C=O) groups is 2. The fraction of sp³-hybridized carbons (Fsp3) is 0.831. The van der Waals surface area contributed by atoms with Gasteiger partial charge in [-0.25, -0.2) is 0 Å². The van der Waals surface area contributed by atoms with Crippen LogP contribution >= 0.6 is 0 Å². The Bertz CT molecular complexity index is 1060. The van der Waals surface area contributed by atoms with Gasteiger partial charge in [0.1, 0.15) is 6.61 Å². The van der Waals surface area contributed by atoms with Crippen LogP contribution < -0.4 is 0 Å². The lowest BCUT2D eigenvalue weighted by molar-refractivity contribution is -0.161. The zero-order valence-corrected chi connectivity index (χ0v) is 42.8. The third-order valence-corrected chi connectivity index (χ3v) is 12.7. The fourth-order valence-corrected chi connectivity index (χ4v) is 8.46. The molecule has 0 fully saturated rings. The molecule has 1 atom stereocenters. The zero-order chi connectivity index (χ0) is 46.3. The van der Waals surface area contributed by atoms with E-state index in [-0.39, 0.29) is 31.6 Å². The molecule has 0 aromatic carbocycles. The highest BCUT2D eigenvalue weighted by molar-refractivity contribution is 5.70. The summed E-state index contributed by atoms with van der Waals surface area (Å²) in [4.78, 5) is 24.3. The Labute approximate surface area is 398 Å². The van der Waals surface area contributed by atoms with E-state index in [1.165, 1.54) is 218 Å². The Balaban J connectivity index is 3.37. The van der Waals surface area contributed by atoms with Crippen molar-refractivity contribution >= 4 is 11.9 Å². The number of hydrogen-bond acceptors (Lipinski definition) is 5. The number of aliphatic hydroxyl groups excluding tert-OH is 1. The molecule has 64 heavy (non-hydrogen) atoms. The first-order chi connectivity index (χ1) is 31.6. The second-order valence-corrected chi connectivity index (χ2v) is 19.0. The Hall–Kier alpha value is -2.14. The molecule has 0 spiro atoms. The van der Waals surface area contributed by atoms with E-state index in [4.69, 9.17) is 9.47 Å². The molecular weight excluding hydrogens is 789 g/mol. The van der Waals surface area contributed by atoms with Crippen LogP contribution in [0.2, 0.25) is 0 Å². The lowest BCUT2D eigenvalue weighted by Gasteiger charge is -2.15. The Morgan fingerprint density at radius 3 is 0.984 bits per heavy atom. The predicted molar refractivity (Wildman–Crippen MR) is 279 cm³/mol. The topological polar surface area (TPSA) is 72.8 Å². The van der Waals surface area contributed by atoms with Gasteiger partial charge in [-0.05, 0) is 38.5 Å². The summed E-state index contributed by atoms with van der Waals surface area (Å²) in [6, 6.07) is 0. The minimum atomic E-state index is -0.809. The third kappa shape index (κ3) is 52.5. The van der Waals surface area contributed by atoms with Crippen LogP contribution in [0.4, 0.5) is 0 Å². The minimum Gasteiger partial charge on any atom is -0.462 e. The van der Waals surface area contributed by atoms with Gasteiger partial charge in [0.15, 0.2) is 6.10 Å². The van der Waals surface area contributed by atoms with Crippen molar-refractivity contribution < 1.29 is 24.2 Å². The van der Waals surface area contributed by atoms with Gasteiger partial charge < -0.3 is 14.6 Å². The van der Waals surface area contributed by atoms with Gasteiger partial charge in [-0.15, -0.1) is 0 Å². The largest absolute Gasteiger partial charge is 0.462 e. The summed E-state index contributed by atoms with van der Waals surface area (Å²) >= 11 is 0. The maximum absolute atomic E-state index is 12.2. The van der Waals surface area contributed by atoms with E-state index in [1.807, 2.05) is 12.2 Å². The van der Waals surface area contributed by atoms with Gasteiger partial charge in [0.25, 0.3) is 0 Å². The molecule has 0 aliphatic carbocycles. The smallest absolute Gasteiger partial charge is 0.306 e. The molecule has 0 aromatic heterocycles. The van der Waals surface area contributed by atoms with Crippen LogP contribution in [-0.4, -0.2) is 36.4 Å². The summed E-state index contributed by atoms with van der Waals surface area (Å²) in [5, 5.41) is 9.58. The van der Waals surface area contributed by atoms with Gasteiger partial charge in [-0.3, -0.25) is 9.59 Å². The average Bonchev–Trinajstić information content (AvgIpc) is 3.30. The fourth-order valence-electron chi connectivity index (χ4n) is 8.46. The van der Waals surface area contributed by atoms with E-state index < -0.39 is 6.10 Å². The molecule has 1 N–H and O–H groups in total. The van der Waals surface area contributed by atoms with Crippen LogP contribution in [0.25, 0.3) is 0 Å². The molecule has 1 unspecified atom stereocenters. The lowest BCUT2D eigenvalue weighted by Crippen LogP contribution is -2.28. The molecule has 0 aromatic rings. The number of hydrogen-bond donors (Lipinski definition) is 1. The number of rotatable bonds is 52. The molecule has 0 saturated heterocycles. The highest BCUT2D eigenvalue weighted by Gasteiger charge is 2.15. The van der Waals surface area contributed by atoms with Crippen LogP contribution in [-0.2, 0) is 19.1 Å². The van der Waals surface area contributed by atoms with Crippen molar-refractivity contribution in [3.8, 4) is 0 Å². The summed E-state index contributed by atoms with van der Waals surface area (Å²) < 4.78 is 10.6. The first-order valence-corrected chi connectivity index (χ1v) is 28.2. The molecule has 0 amide bonds. The van der Waals surface area contributed by atoms with Crippen LogP contribution in [0.3, 0.4) is 0 Å². The van der Waals surface area contributed by atoms with Gasteiger partial charge in [0, 0.05) is 12.8 Å². The molecule has 0 aliphatic heterocycles. The van der Waals surface area contributed by atoms with Crippen molar-refractivity contribution in [2.45, 2.75) is 302 Å². The molecular formula is C59H108O5. The van der Waals surface area contributed by atoms with E-state index >= 15 is 0 Å². The quantitative estimate of drug-likeness (QED) is 0.0374. The second kappa shape index (κ2) is 55.2. The molecule has 0 saturated carbocycles. The zero-order valence-electron chi connectivity index (χ0n) is 42.8. The highest BCUT2D eigenvalue weighted by Crippen LogP contribution is 2.18. The van der Waals surface area contributed by atoms with Gasteiger partial charge >= 0.3 is 11.9 Å². The summed E-state index contributed by atoms with van der Waals surface area (Å²) in [6.07, 6.45) is 72.8. The van der Waals surface area contributed by atoms with Crippen molar-refractivity contribution in [2.24, 2.45) is 0 Å². The van der Waals surface area contributed by atoms with E-state index in [0.29, 0.717) is 12.8 Å². The lowest BCUT2D eigenvalue weighted by atomic mass is 10.0. The summed E-state index contributed by atoms with van der Waals surface area (Å²) in [7, 11) is 0. The molecule has 5 heteroatoms. The van der Waals surface area contributed by atoms with Crippen LogP contribution in [0, 0.1) is 0 Å². The normalized spacial score (nSPS) is 12.5. The predicted octanol–water partition coefficient (Wildman–Crippen LogP) is 18.9. The second-order valence-electron chi connectivity index (χ2n) is 19.0. The van der Waals surface area contributed by atoms with Crippen LogP contribution in [0.1, 0.15) is 296 Å². The summed E-state index contributed by atoms with van der Waals surface area (Å²) in [6.45, 7) is 3.99. The molecule has 0 heterocycles. The Kier molecular flexibility index (Phi) is 53.3. The first-order valence-electron chi connectivity index (χ1n) is 28.2. The monoisotopic (exact) mass is 897 g/mol. The molecule has 0 aliphatic rings. The number of esters is 2. The van der Waals surface area contributed by atoms with Crippen molar-refractivity contribution in [1.29, 1.82) is 0 Å². The van der Waals surface area contributed by atoms with E-state index in [2.05, 4.69) is 50.3 Å².